The van der Waals surface area contributed by atoms with Crippen molar-refractivity contribution in [2.75, 3.05) is 5.75 Å². The third kappa shape index (κ3) is 26.4. The van der Waals surface area contributed by atoms with E-state index in [1.165, 1.54) is 57.8 Å². The number of amides is 1. The van der Waals surface area contributed by atoms with Crippen molar-refractivity contribution in [1.29, 1.82) is 0 Å². The number of rotatable bonds is 27. The van der Waals surface area contributed by atoms with Crippen molar-refractivity contribution >= 4 is 16.0 Å². The number of aliphatic hydroxyl groups excluding tert-OH is 1. The number of aliphatic hydroxyl groups is 1. The second-order valence-electron chi connectivity index (χ2n) is 10.7. The lowest BCUT2D eigenvalue weighted by Crippen LogP contribution is -2.47. The highest BCUT2D eigenvalue weighted by Crippen LogP contribution is 2.14. The maximum atomic E-state index is 12.4. The van der Waals surface area contributed by atoms with E-state index in [0.717, 1.165) is 64.2 Å². The molecule has 3 N–H and O–H groups in total. The molecule has 0 heterocycles. The summed E-state index contributed by atoms with van der Waals surface area (Å²) in [5.74, 6) is -0.918. The Bertz CT molecular complexity index is 705. The largest absolute Gasteiger partial charge is 0.391 e. The summed E-state index contributed by atoms with van der Waals surface area (Å²) in [7, 11) is -4.30. The first-order valence-electron chi connectivity index (χ1n) is 15.5. The summed E-state index contributed by atoms with van der Waals surface area (Å²) in [5, 5.41) is 13.2. The summed E-state index contributed by atoms with van der Waals surface area (Å²) in [5.41, 5.74) is 0. The minimum atomic E-state index is -4.30. The topological polar surface area (TPSA) is 104 Å². The third-order valence-corrected chi connectivity index (χ3v) is 7.69. The van der Waals surface area contributed by atoms with Gasteiger partial charge in [0.2, 0.25) is 5.91 Å². The minimum Gasteiger partial charge on any atom is -0.391 e. The van der Waals surface area contributed by atoms with Gasteiger partial charge in [-0.2, -0.15) is 8.42 Å². The molecule has 2 atom stereocenters. The highest BCUT2D eigenvalue weighted by atomic mass is 32.2. The lowest BCUT2D eigenvalue weighted by atomic mass is 10.0. The standard InChI is InChI=1S/C31H59NO5S/c1-3-5-7-9-11-13-14-15-16-17-18-19-21-23-25-27-31(34)32-29(28-38(35,36)37)30(33)26-24-22-20-12-10-8-6-4-2/h11,13,15-16,29-30,33H,3-10,12,14,17-28H2,1-2H3,(H,32,34)(H,35,36,37)/b13-11-,16-15-. The fourth-order valence-electron chi connectivity index (χ4n) is 4.54. The smallest absolute Gasteiger partial charge is 0.266 e. The fourth-order valence-corrected chi connectivity index (χ4v) is 5.30. The monoisotopic (exact) mass is 557 g/mol. The van der Waals surface area contributed by atoms with Crippen molar-refractivity contribution in [2.45, 2.75) is 161 Å². The predicted molar refractivity (Wildman–Crippen MR) is 161 cm³/mol. The van der Waals surface area contributed by atoms with Gasteiger partial charge in [-0.05, 0) is 44.9 Å². The van der Waals surface area contributed by atoms with Crippen molar-refractivity contribution in [1.82, 2.24) is 5.32 Å². The number of nitrogens with one attached hydrogen (secondary N) is 1. The van der Waals surface area contributed by atoms with E-state index in [1.807, 2.05) is 0 Å². The van der Waals surface area contributed by atoms with Crippen molar-refractivity contribution in [3.8, 4) is 0 Å². The fraction of sp³-hybridized carbons (Fsp3) is 0.839. The van der Waals surface area contributed by atoms with Crippen LogP contribution in [0.3, 0.4) is 0 Å². The summed E-state index contributed by atoms with van der Waals surface area (Å²) >= 11 is 0. The molecule has 0 aliphatic rings. The van der Waals surface area contributed by atoms with Crippen LogP contribution in [-0.2, 0) is 14.9 Å². The summed E-state index contributed by atoms with van der Waals surface area (Å²) in [6.07, 6.45) is 29.9. The molecule has 0 aromatic rings. The molecule has 0 bridgehead atoms. The Kier molecular flexibility index (Phi) is 25.3. The van der Waals surface area contributed by atoms with Crippen LogP contribution in [0.1, 0.15) is 149 Å². The average molecular weight is 558 g/mol. The molecular weight excluding hydrogens is 498 g/mol. The van der Waals surface area contributed by atoms with Crippen LogP contribution in [0.15, 0.2) is 24.3 Å². The molecule has 0 aromatic carbocycles. The van der Waals surface area contributed by atoms with Crippen LogP contribution in [0.5, 0.6) is 0 Å². The highest BCUT2D eigenvalue weighted by molar-refractivity contribution is 7.85. The Morgan fingerprint density at radius 2 is 1.18 bits per heavy atom. The second-order valence-corrected chi connectivity index (χ2v) is 12.2. The highest BCUT2D eigenvalue weighted by Gasteiger charge is 2.26. The van der Waals surface area contributed by atoms with Gasteiger partial charge in [-0.1, -0.05) is 122 Å². The van der Waals surface area contributed by atoms with Gasteiger partial charge in [-0.25, -0.2) is 0 Å². The Morgan fingerprint density at radius 3 is 1.76 bits per heavy atom. The van der Waals surface area contributed by atoms with E-state index in [1.54, 1.807) is 0 Å². The molecule has 0 aromatic heterocycles. The maximum Gasteiger partial charge on any atom is 0.266 e. The Balaban J connectivity index is 4.01. The molecule has 6 nitrogen and oxygen atoms in total. The molecule has 0 fully saturated rings. The van der Waals surface area contributed by atoms with Gasteiger partial charge in [0, 0.05) is 6.42 Å². The quantitative estimate of drug-likeness (QED) is 0.0538. The summed E-state index contributed by atoms with van der Waals surface area (Å²) < 4.78 is 32.1. The molecule has 0 saturated heterocycles. The van der Waals surface area contributed by atoms with E-state index >= 15 is 0 Å². The lowest BCUT2D eigenvalue weighted by Gasteiger charge is -2.23. The molecule has 38 heavy (non-hydrogen) atoms. The first kappa shape index (κ1) is 36.8. The van der Waals surface area contributed by atoms with E-state index < -0.39 is 28.0 Å². The van der Waals surface area contributed by atoms with Gasteiger partial charge in [0.15, 0.2) is 0 Å². The van der Waals surface area contributed by atoms with Crippen molar-refractivity contribution in [2.24, 2.45) is 0 Å². The Morgan fingerprint density at radius 1 is 0.711 bits per heavy atom. The van der Waals surface area contributed by atoms with Gasteiger partial charge in [0.25, 0.3) is 10.1 Å². The number of carbonyl (C=O) groups excluding carboxylic acids is 1. The van der Waals surface area contributed by atoms with E-state index in [-0.39, 0.29) is 5.91 Å². The van der Waals surface area contributed by atoms with Gasteiger partial charge in [-0.3, -0.25) is 9.35 Å². The van der Waals surface area contributed by atoms with Gasteiger partial charge in [-0.15, -0.1) is 0 Å². The van der Waals surface area contributed by atoms with E-state index in [2.05, 4.69) is 43.5 Å². The second kappa shape index (κ2) is 26.1. The molecule has 224 valence electrons. The SMILES string of the molecule is CCCCC/C=C\C/C=C\CCCCCCCC(=O)NC(CS(=O)(=O)O)C(O)CCCCCCCCCC. The molecule has 0 aliphatic heterocycles. The van der Waals surface area contributed by atoms with Gasteiger partial charge in [0.05, 0.1) is 17.9 Å². The summed E-state index contributed by atoms with van der Waals surface area (Å²) in [6.45, 7) is 4.42. The maximum absolute atomic E-state index is 12.4. The number of hydrogen-bond donors (Lipinski definition) is 3. The zero-order chi connectivity index (χ0) is 28.3. The molecule has 1 amide bonds. The van der Waals surface area contributed by atoms with E-state index in [0.29, 0.717) is 12.8 Å². The van der Waals surface area contributed by atoms with Crippen molar-refractivity contribution in [3.63, 3.8) is 0 Å². The molecule has 2 unspecified atom stereocenters. The van der Waals surface area contributed by atoms with Crippen LogP contribution in [-0.4, -0.2) is 41.9 Å². The van der Waals surface area contributed by atoms with Gasteiger partial charge in [0.1, 0.15) is 0 Å². The van der Waals surface area contributed by atoms with Crippen LogP contribution in [0.2, 0.25) is 0 Å². The van der Waals surface area contributed by atoms with Crippen LogP contribution >= 0.6 is 0 Å². The van der Waals surface area contributed by atoms with Gasteiger partial charge >= 0.3 is 0 Å². The molecule has 0 saturated carbocycles. The van der Waals surface area contributed by atoms with Crippen LogP contribution in [0.4, 0.5) is 0 Å². The van der Waals surface area contributed by atoms with Crippen LogP contribution in [0, 0.1) is 0 Å². The van der Waals surface area contributed by atoms with Crippen LogP contribution in [0.25, 0.3) is 0 Å². The summed E-state index contributed by atoms with van der Waals surface area (Å²) in [6, 6.07) is -0.972. The third-order valence-electron chi connectivity index (χ3n) is 6.91. The average Bonchev–Trinajstić information content (AvgIpc) is 2.86. The van der Waals surface area contributed by atoms with E-state index in [4.69, 9.17) is 0 Å². The number of carbonyl (C=O) groups is 1. The molecule has 7 heteroatoms. The first-order valence-corrected chi connectivity index (χ1v) is 17.1. The van der Waals surface area contributed by atoms with E-state index in [9.17, 15) is 22.9 Å². The normalized spacial score (nSPS) is 13.9. The van der Waals surface area contributed by atoms with Gasteiger partial charge < -0.3 is 10.4 Å². The Hall–Kier alpha value is -1.18. The molecule has 0 rings (SSSR count). The molecular formula is C31H59NO5S. The number of unbranched alkanes of at least 4 members (excludes halogenated alkanes) is 15. The molecule has 0 radical (unpaired) electrons. The molecule has 0 spiro atoms. The predicted octanol–water partition coefficient (Wildman–Crippen LogP) is 8.06. The minimum absolute atomic E-state index is 0.265. The van der Waals surface area contributed by atoms with Crippen LogP contribution < -0.4 is 5.32 Å². The van der Waals surface area contributed by atoms with Crippen molar-refractivity contribution in [3.05, 3.63) is 24.3 Å². The lowest BCUT2D eigenvalue weighted by molar-refractivity contribution is -0.122. The summed E-state index contributed by atoms with van der Waals surface area (Å²) in [4.78, 5) is 12.4. The molecule has 0 aliphatic carbocycles. The zero-order valence-corrected chi connectivity index (χ0v) is 25.4. The first-order chi connectivity index (χ1) is 18.3. The number of allylic oxidation sites excluding steroid dienone is 4. The van der Waals surface area contributed by atoms with Crippen molar-refractivity contribution < 1.29 is 22.9 Å². The zero-order valence-electron chi connectivity index (χ0n) is 24.5. The number of hydrogen-bond acceptors (Lipinski definition) is 4. The Labute approximate surface area is 234 Å².